The van der Waals surface area contributed by atoms with E-state index in [1.165, 1.54) is 5.56 Å². The molecule has 0 aliphatic heterocycles. The van der Waals surface area contributed by atoms with Crippen molar-refractivity contribution >= 4 is 22.8 Å². The van der Waals surface area contributed by atoms with Gasteiger partial charge in [-0.15, -0.1) is 0 Å². The number of aryl methyl sites for hydroxylation is 5. The molecule has 0 radical (unpaired) electrons. The quantitative estimate of drug-likeness (QED) is 0.484. The first kappa shape index (κ1) is 18.1. The second-order valence-electron chi connectivity index (χ2n) is 6.07. The molecule has 0 atom stereocenters. The van der Waals surface area contributed by atoms with Crippen molar-refractivity contribution in [2.45, 2.75) is 27.7 Å². The number of ether oxygens (including phenoxy) is 1. The van der Waals surface area contributed by atoms with Crippen LogP contribution in [0.5, 0.6) is 0 Å². The molecule has 0 aliphatic carbocycles. The van der Waals surface area contributed by atoms with E-state index in [2.05, 4.69) is 10.6 Å². The van der Waals surface area contributed by atoms with Crippen molar-refractivity contribution in [1.82, 2.24) is 0 Å². The lowest BCUT2D eigenvalue weighted by molar-refractivity contribution is -0.661. The number of aromatic nitrogens is 1. The number of rotatable bonds is 4. The van der Waals surface area contributed by atoms with Gasteiger partial charge in [0.1, 0.15) is 7.05 Å². The van der Waals surface area contributed by atoms with Crippen LogP contribution in [0.2, 0.25) is 0 Å². The Balaban J connectivity index is 2.55. The summed E-state index contributed by atoms with van der Waals surface area (Å²) in [6.45, 7) is 7.52. The monoisotopic (exact) mass is 346 g/mol. The van der Waals surface area contributed by atoms with Crippen LogP contribution in [0.15, 0.2) is 24.4 Å². The van der Waals surface area contributed by atoms with Gasteiger partial charge < -0.3 is 4.74 Å². The summed E-state index contributed by atoms with van der Waals surface area (Å²) in [7, 11) is 1.98. The average molecular weight is 347 g/mol. The van der Waals surface area contributed by atoms with Crippen LogP contribution in [0.25, 0.3) is 11.3 Å². The fraction of sp³-hybridized carbons (Fsp3) is 0.316. The fourth-order valence-electron chi connectivity index (χ4n) is 3.03. The van der Waals surface area contributed by atoms with Gasteiger partial charge in [-0.2, -0.15) is 0 Å². The second-order valence-corrected chi connectivity index (χ2v) is 6.49. The van der Waals surface area contributed by atoms with E-state index in [9.17, 15) is 9.59 Å². The van der Waals surface area contributed by atoms with E-state index in [1.807, 2.05) is 53.1 Å². The zero-order chi connectivity index (χ0) is 18.0. The molecule has 5 heteroatoms. The van der Waals surface area contributed by atoms with Crippen molar-refractivity contribution in [2.24, 2.45) is 7.05 Å². The lowest BCUT2D eigenvalue weighted by Crippen LogP contribution is -2.32. The number of carbonyl (C=O) groups is 2. The standard InChI is InChI=1S/C19H21ClNO3/c1-11-6-14(4)18(21(5)9-11)15-8-16(13(3)7-12(15)2)19(23)24-10-17(20)22/h6-9H,10H2,1-5H3/q+1. The predicted molar refractivity (Wildman–Crippen MR) is 93.1 cm³/mol. The molecule has 24 heavy (non-hydrogen) atoms. The second kappa shape index (κ2) is 7.14. The van der Waals surface area contributed by atoms with Crippen molar-refractivity contribution in [3.8, 4) is 11.3 Å². The third kappa shape index (κ3) is 3.82. The van der Waals surface area contributed by atoms with Crippen LogP contribution >= 0.6 is 11.6 Å². The average Bonchev–Trinajstić information content (AvgIpc) is 2.45. The number of nitrogens with zero attached hydrogens (tertiary/aromatic N) is 1. The van der Waals surface area contributed by atoms with E-state index in [0.717, 1.165) is 27.9 Å². The molecular formula is C19H21ClNO3+. The van der Waals surface area contributed by atoms with Crippen LogP contribution in [0, 0.1) is 27.7 Å². The summed E-state index contributed by atoms with van der Waals surface area (Å²) in [6.07, 6.45) is 2.05. The third-order valence-corrected chi connectivity index (χ3v) is 4.04. The van der Waals surface area contributed by atoms with Gasteiger partial charge in [0.2, 0.25) is 5.69 Å². The molecule has 2 aromatic rings. The lowest BCUT2D eigenvalue weighted by Gasteiger charge is -2.12. The Hall–Kier alpha value is -2.20. The summed E-state index contributed by atoms with van der Waals surface area (Å²) in [4.78, 5) is 23.1. The van der Waals surface area contributed by atoms with E-state index in [4.69, 9.17) is 16.3 Å². The van der Waals surface area contributed by atoms with Crippen molar-refractivity contribution < 1.29 is 18.9 Å². The van der Waals surface area contributed by atoms with E-state index in [0.29, 0.717) is 5.56 Å². The van der Waals surface area contributed by atoms with E-state index >= 15 is 0 Å². The van der Waals surface area contributed by atoms with E-state index in [1.54, 1.807) is 0 Å². The smallest absolute Gasteiger partial charge is 0.338 e. The SMILES string of the molecule is Cc1cc(C)c(-c2cc(C(=O)OCC(=O)Cl)c(C)cc2C)[n+](C)c1. The van der Waals surface area contributed by atoms with Crippen molar-refractivity contribution in [3.05, 3.63) is 52.2 Å². The summed E-state index contributed by atoms with van der Waals surface area (Å²) in [5, 5.41) is -0.700. The first-order valence-electron chi connectivity index (χ1n) is 7.64. The molecule has 0 spiro atoms. The van der Waals surface area contributed by atoms with Gasteiger partial charge in [0.15, 0.2) is 12.8 Å². The third-order valence-electron chi connectivity index (χ3n) is 3.93. The number of halogens is 1. The van der Waals surface area contributed by atoms with Crippen LogP contribution in [-0.2, 0) is 16.6 Å². The molecule has 0 amide bonds. The number of pyridine rings is 1. The van der Waals surface area contributed by atoms with Gasteiger partial charge in [-0.3, -0.25) is 4.79 Å². The number of carbonyl (C=O) groups excluding carboxylic acids is 2. The highest BCUT2D eigenvalue weighted by atomic mass is 35.5. The van der Waals surface area contributed by atoms with Crippen LogP contribution in [0.3, 0.4) is 0 Å². The Morgan fingerprint density at radius 1 is 1.04 bits per heavy atom. The molecule has 0 aliphatic rings. The Labute approximate surface area is 147 Å². The number of esters is 1. The predicted octanol–water partition coefficient (Wildman–Crippen LogP) is 3.33. The molecule has 1 aromatic heterocycles. The Morgan fingerprint density at radius 2 is 1.71 bits per heavy atom. The molecule has 1 aromatic carbocycles. The van der Waals surface area contributed by atoms with Crippen LogP contribution in [0.4, 0.5) is 0 Å². The minimum absolute atomic E-state index is 0.430. The highest BCUT2D eigenvalue weighted by Gasteiger charge is 2.21. The van der Waals surface area contributed by atoms with Gasteiger partial charge >= 0.3 is 5.97 Å². The van der Waals surface area contributed by atoms with Crippen molar-refractivity contribution in [1.29, 1.82) is 0 Å². The molecule has 0 fully saturated rings. The first-order valence-corrected chi connectivity index (χ1v) is 8.02. The minimum atomic E-state index is -0.700. The Bertz CT molecular complexity index is 805. The van der Waals surface area contributed by atoms with Crippen LogP contribution in [0.1, 0.15) is 32.6 Å². The number of benzene rings is 1. The maximum Gasteiger partial charge on any atom is 0.338 e. The molecule has 0 bridgehead atoms. The summed E-state index contributed by atoms with van der Waals surface area (Å²) < 4.78 is 7.01. The zero-order valence-electron chi connectivity index (χ0n) is 14.6. The van der Waals surface area contributed by atoms with E-state index in [-0.39, 0.29) is 0 Å². The van der Waals surface area contributed by atoms with Gasteiger partial charge in [0.25, 0.3) is 5.24 Å². The summed E-state index contributed by atoms with van der Waals surface area (Å²) in [6, 6.07) is 5.88. The van der Waals surface area contributed by atoms with Gasteiger partial charge in [-0.05, 0) is 62.6 Å². The van der Waals surface area contributed by atoms with Gasteiger partial charge in [-0.25, -0.2) is 9.36 Å². The van der Waals surface area contributed by atoms with Gasteiger partial charge in [-0.1, -0.05) is 6.07 Å². The van der Waals surface area contributed by atoms with Crippen LogP contribution in [-0.4, -0.2) is 17.8 Å². The molecule has 2 rings (SSSR count). The summed E-state index contributed by atoms with van der Waals surface area (Å²) >= 11 is 5.24. The maximum absolute atomic E-state index is 12.2. The minimum Gasteiger partial charge on any atom is -0.453 e. The van der Waals surface area contributed by atoms with Crippen molar-refractivity contribution in [3.63, 3.8) is 0 Å². The van der Waals surface area contributed by atoms with Crippen molar-refractivity contribution in [2.75, 3.05) is 6.61 Å². The zero-order valence-corrected chi connectivity index (χ0v) is 15.3. The fourth-order valence-corrected chi connectivity index (χ4v) is 3.08. The molecule has 0 saturated heterocycles. The number of hydrogen-bond donors (Lipinski definition) is 0. The topological polar surface area (TPSA) is 47.3 Å². The number of hydrogen-bond acceptors (Lipinski definition) is 3. The van der Waals surface area contributed by atoms with Gasteiger partial charge in [0.05, 0.1) is 11.1 Å². The molecular weight excluding hydrogens is 326 g/mol. The first-order chi connectivity index (χ1) is 11.2. The molecule has 0 unspecified atom stereocenters. The Morgan fingerprint density at radius 3 is 2.29 bits per heavy atom. The highest BCUT2D eigenvalue weighted by molar-refractivity contribution is 6.64. The Kier molecular flexibility index (Phi) is 5.40. The molecule has 4 nitrogen and oxygen atoms in total. The summed E-state index contributed by atoms with van der Waals surface area (Å²) in [5.41, 5.74) is 6.61. The summed E-state index contributed by atoms with van der Waals surface area (Å²) in [5.74, 6) is -0.546. The lowest BCUT2D eigenvalue weighted by atomic mass is 9.95. The maximum atomic E-state index is 12.2. The molecule has 126 valence electrons. The van der Waals surface area contributed by atoms with Crippen LogP contribution < -0.4 is 4.57 Å². The van der Waals surface area contributed by atoms with Gasteiger partial charge in [0, 0.05) is 11.1 Å². The largest absolute Gasteiger partial charge is 0.453 e. The molecule has 1 heterocycles. The molecule has 0 saturated carbocycles. The highest BCUT2D eigenvalue weighted by Crippen LogP contribution is 2.27. The van der Waals surface area contributed by atoms with E-state index < -0.39 is 17.8 Å². The normalized spacial score (nSPS) is 10.6. The molecule has 0 N–H and O–H groups in total.